The third-order valence-electron chi connectivity index (χ3n) is 4.55. The van der Waals surface area contributed by atoms with Gasteiger partial charge in [0.05, 0.1) is 37.0 Å². The van der Waals surface area contributed by atoms with E-state index >= 15 is 0 Å². The lowest BCUT2D eigenvalue weighted by Crippen LogP contribution is -2.03. The Morgan fingerprint density at radius 2 is 1.71 bits per heavy atom. The maximum atomic E-state index is 11.8. The molecule has 158 valence electrons. The zero-order chi connectivity index (χ0) is 21.8. The molecule has 0 atom stereocenters. The molecule has 0 bridgehead atoms. The normalized spacial score (nSPS) is 10.7. The zero-order valence-electron chi connectivity index (χ0n) is 17.2. The molecule has 0 aliphatic heterocycles. The van der Waals surface area contributed by atoms with Crippen molar-refractivity contribution in [2.24, 2.45) is 0 Å². The first kappa shape index (κ1) is 21.0. The highest BCUT2D eigenvalue weighted by Gasteiger charge is 2.14. The second kappa shape index (κ2) is 9.28. The minimum atomic E-state index is -0.321. The van der Waals surface area contributed by atoms with Crippen molar-refractivity contribution < 1.29 is 19.0 Å². The Bertz CT molecular complexity index is 1200. The van der Waals surface area contributed by atoms with Crippen LogP contribution in [0.15, 0.2) is 54.0 Å². The summed E-state index contributed by atoms with van der Waals surface area (Å²) in [5, 5.41) is 3.69. The lowest BCUT2D eigenvalue weighted by molar-refractivity contribution is 0.0526. The molecule has 0 N–H and O–H groups in total. The molecule has 0 aliphatic carbocycles. The first-order chi connectivity index (χ1) is 15.1. The molecule has 4 aromatic rings. The molecular weight excluding hydrogens is 432 g/mol. The summed E-state index contributed by atoms with van der Waals surface area (Å²) < 4.78 is 15.7. The summed E-state index contributed by atoms with van der Waals surface area (Å²) in [6, 6.07) is 13.1. The van der Waals surface area contributed by atoms with E-state index < -0.39 is 0 Å². The molecule has 0 fully saturated rings. The van der Waals surface area contributed by atoms with E-state index in [2.05, 4.69) is 4.98 Å². The van der Waals surface area contributed by atoms with Crippen molar-refractivity contribution in [3.8, 4) is 43.2 Å². The highest BCUT2D eigenvalue weighted by Crippen LogP contribution is 2.38. The van der Waals surface area contributed by atoms with Gasteiger partial charge < -0.3 is 14.2 Å². The minimum absolute atomic E-state index is 0.321. The van der Waals surface area contributed by atoms with Crippen molar-refractivity contribution in [3.05, 3.63) is 59.6 Å². The van der Waals surface area contributed by atoms with Gasteiger partial charge in [0.1, 0.15) is 0 Å². The topological polar surface area (TPSA) is 70.5 Å². The molecule has 0 aliphatic rings. The van der Waals surface area contributed by atoms with Gasteiger partial charge in [-0.1, -0.05) is 12.1 Å². The number of benzene rings is 2. The number of esters is 1. The summed E-state index contributed by atoms with van der Waals surface area (Å²) >= 11 is 3.11. The fourth-order valence-electron chi connectivity index (χ4n) is 2.99. The molecule has 2 aromatic carbocycles. The molecule has 0 amide bonds. The van der Waals surface area contributed by atoms with E-state index in [1.165, 1.54) is 11.3 Å². The average Bonchev–Trinajstić information content (AvgIpc) is 3.49. The van der Waals surface area contributed by atoms with E-state index in [1.807, 2.05) is 41.9 Å². The van der Waals surface area contributed by atoms with Gasteiger partial charge in [-0.2, -0.15) is 0 Å². The van der Waals surface area contributed by atoms with E-state index in [4.69, 9.17) is 19.2 Å². The second-order valence-electron chi connectivity index (χ2n) is 6.44. The summed E-state index contributed by atoms with van der Waals surface area (Å²) in [5.74, 6) is 1.05. The Morgan fingerprint density at radius 1 is 0.968 bits per heavy atom. The van der Waals surface area contributed by atoms with Gasteiger partial charge in [0.2, 0.25) is 0 Å². The fourth-order valence-corrected chi connectivity index (χ4v) is 4.77. The van der Waals surface area contributed by atoms with Crippen LogP contribution >= 0.6 is 22.7 Å². The first-order valence-electron chi connectivity index (χ1n) is 9.54. The Morgan fingerprint density at radius 3 is 2.42 bits per heavy atom. The van der Waals surface area contributed by atoms with Crippen LogP contribution in [0, 0.1) is 0 Å². The average molecular weight is 453 g/mol. The molecule has 6 nitrogen and oxygen atoms in total. The van der Waals surface area contributed by atoms with Crippen molar-refractivity contribution in [2.45, 2.75) is 6.92 Å². The summed E-state index contributed by atoms with van der Waals surface area (Å²) in [5.41, 5.74) is 3.32. The predicted octanol–water partition coefficient (Wildman–Crippen LogP) is 5.79. The number of ether oxygens (including phenoxy) is 3. The molecule has 2 heterocycles. The number of hydrogen-bond acceptors (Lipinski definition) is 8. The van der Waals surface area contributed by atoms with E-state index in [0.29, 0.717) is 23.7 Å². The van der Waals surface area contributed by atoms with E-state index in [-0.39, 0.29) is 5.97 Å². The monoisotopic (exact) mass is 452 g/mol. The quantitative estimate of drug-likeness (QED) is 0.330. The number of thiazole rings is 2. The van der Waals surface area contributed by atoms with E-state index in [1.54, 1.807) is 44.6 Å². The minimum Gasteiger partial charge on any atom is -0.493 e. The molecule has 0 radical (unpaired) electrons. The van der Waals surface area contributed by atoms with Gasteiger partial charge in [-0.05, 0) is 42.8 Å². The molecule has 0 spiro atoms. The van der Waals surface area contributed by atoms with Gasteiger partial charge in [-0.15, -0.1) is 22.7 Å². The number of hydrogen-bond donors (Lipinski definition) is 0. The maximum Gasteiger partial charge on any atom is 0.338 e. The third kappa shape index (κ3) is 4.45. The molecule has 8 heteroatoms. The van der Waals surface area contributed by atoms with Crippen LogP contribution in [0.5, 0.6) is 11.5 Å². The van der Waals surface area contributed by atoms with Gasteiger partial charge in [0.25, 0.3) is 0 Å². The van der Waals surface area contributed by atoms with Crippen LogP contribution in [-0.2, 0) is 4.74 Å². The number of carbonyl (C=O) groups excluding carboxylic acids is 1. The Labute approximate surface area is 188 Å². The Balaban J connectivity index is 1.55. The van der Waals surface area contributed by atoms with Gasteiger partial charge in [-0.25, -0.2) is 14.8 Å². The van der Waals surface area contributed by atoms with Crippen molar-refractivity contribution in [3.63, 3.8) is 0 Å². The van der Waals surface area contributed by atoms with Crippen LogP contribution in [0.4, 0.5) is 0 Å². The van der Waals surface area contributed by atoms with Crippen LogP contribution in [-0.4, -0.2) is 36.8 Å². The van der Waals surface area contributed by atoms with Crippen molar-refractivity contribution in [1.29, 1.82) is 0 Å². The summed E-state index contributed by atoms with van der Waals surface area (Å²) in [6.07, 6.45) is 1.84. The van der Waals surface area contributed by atoms with Crippen LogP contribution in [0.2, 0.25) is 0 Å². The van der Waals surface area contributed by atoms with E-state index in [0.717, 1.165) is 31.7 Å². The molecule has 2 aromatic heterocycles. The highest BCUT2D eigenvalue weighted by molar-refractivity contribution is 7.22. The third-order valence-corrected chi connectivity index (χ3v) is 6.58. The molecule has 0 unspecified atom stereocenters. The van der Waals surface area contributed by atoms with E-state index in [9.17, 15) is 4.79 Å². The van der Waals surface area contributed by atoms with Crippen LogP contribution in [0.25, 0.3) is 31.7 Å². The fraction of sp³-hybridized carbons (Fsp3) is 0.174. The lowest BCUT2D eigenvalue weighted by Gasteiger charge is -2.08. The zero-order valence-corrected chi connectivity index (χ0v) is 18.9. The summed E-state index contributed by atoms with van der Waals surface area (Å²) in [7, 11) is 3.24. The molecule has 31 heavy (non-hydrogen) atoms. The SMILES string of the molecule is CCOC(=O)c1ccc(-c2csc(-c3ncc(-c4ccc(OC)c(OC)c4)s3)n2)cc1. The molecule has 0 saturated heterocycles. The largest absolute Gasteiger partial charge is 0.493 e. The van der Waals surface area contributed by atoms with Gasteiger partial charge in [0, 0.05) is 17.1 Å². The number of methoxy groups -OCH3 is 2. The Kier molecular flexibility index (Phi) is 6.29. The molecule has 4 rings (SSSR count). The number of rotatable bonds is 7. The predicted molar refractivity (Wildman–Crippen MR) is 123 cm³/mol. The second-order valence-corrected chi connectivity index (χ2v) is 8.32. The number of aromatic nitrogens is 2. The van der Waals surface area contributed by atoms with Crippen LogP contribution in [0.3, 0.4) is 0 Å². The lowest BCUT2D eigenvalue weighted by atomic mass is 10.1. The molecule has 0 saturated carbocycles. The van der Waals surface area contributed by atoms with Crippen molar-refractivity contribution in [2.75, 3.05) is 20.8 Å². The smallest absolute Gasteiger partial charge is 0.338 e. The molecular formula is C23H20N2O4S2. The number of carbonyl (C=O) groups is 1. The first-order valence-corrected chi connectivity index (χ1v) is 11.2. The number of nitrogens with zero attached hydrogens (tertiary/aromatic N) is 2. The van der Waals surface area contributed by atoms with Gasteiger partial charge in [-0.3, -0.25) is 0 Å². The summed E-state index contributed by atoms with van der Waals surface area (Å²) in [6.45, 7) is 2.15. The highest BCUT2D eigenvalue weighted by atomic mass is 32.1. The van der Waals surface area contributed by atoms with Crippen LogP contribution in [0.1, 0.15) is 17.3 Å². The van der Waals surface area contributed by atoms with Crippen molar-refractivity contribution in [1.82, 2.24) is 9.97 Å². The summed E-state index contributed by atoms with van der Waals surface area (Å²) in [4.78, 5) is 22.1. The Hall–Kier alpha value is -3.23. The van der Waals surface area contributed by atoms with Crippen molar-refractivity contribution >= 4 is 28.6 Å². The van der Waals surface area contributed by atoms with Gasteiger partial charge >= 0.3 is 5.97 Å². The van der Waals surface area contributed by atoms with Gasteiger partial charge in [0.15, 0.2) is 21.5 Å². The maximum absolute atomic E-state index is 11.8. The van der Waals surface area contributed by atoms with Crippen LogP contribution < -0.4 is 9.47 Å². The standard InChI is InChI=1S/C23H20N2O4S2/c1-4-29-23(26)15-7-5-14(6-8-15)17-13-30-22(25-17)21-24-12-20(31-21)16-9-10-18(27-2)19(11-16)28-3/h5-13H,4H2,1-3H3.